The molecule has 0 radical (unpaired) electrons. The Morgan fingerprint density at radius 2 is 1.74 bits per heavy atom. The summed E-state index contributed by atoms with van der Waals surface area (Å²) in [4.78, 5) is 14.4. The van der Waals surface area contributed by atoms with E-state index in [0.717, 1.165) is 30.9 Å². The molecule has 2 aromatic carbocycles. The minimum atomic E-state index is -3.85. The second-order valence-corrected chi connectivity index (χ2v) is 8.47. The fourth-order valence-corrected chi connectivity index (χ4v) is 3.99. The molecule has 0 aliphatic heterocycles. The van der Waals surface area contributed by atoms with Crippen LogP contribution in [0.5, 0.6) is 0 Å². The van der Waals surface area contributed by atoms with Gasteiger partial charge in [-0.15, -0.1) is 0 Å². The van der Waals surface area contributed by atoms with E-state index in [1.54, 1.807) is 0 Å². The van der Waals surface area contributed by atoms with Crippen molar-refractivity contribution in [3.05, 3.63) is 60.4 Å². The highest BCUT2D eigenvalue weighted by Gasteiger charge is 2.29. The number of nitrogens with zero attached hydrogens (tertiary/aromatic N) is 1. The third kappa shape index (κ3) is 5.53. The van der Waals surface area contributed by atoms with Crippen molar-refractivity contribution in [3.63, 3.8) is 0 Å². The smallest absolute Gasteiger partial charge is 0.238 e. The van der Waals surface area contributed by atoms with Gasteiger partial charge in [0.25, 0.3) is 0 Å². The molecule has 1 atom stereocenters. The van der Waals surface area contributed by atoms with Crippen LogP contribution in [0.25, 0.3) is 0 Å². The zero-order valence-electron chi connectivity index (χ0n) is 15.6. The Morgan fingerprint density at radius 1 is 1.11 bits per heavy atom. The Kier molecular flexibility index (Phi) is 7.36. The van der Waals surface area contributed by atoms with E-state index in [0.29, 0.717) is 13.0 Å². The van der Waals surface area contributed by atoms with Gasteiger partial charge >= 0.3 is 0 Å². The highest BCUT2D eigenvalue weighted by molar-refractivity contribution is 7.92. The monoisotopic (exact) mass is 392 g/mol. The van der Waals surface area contributed by atoms with Crippen LogP contribution in [0, 0.1) is 5.82 Å². The molecule has 0 aliphatic carbocycles. The Balaban J connectivity index is 1.86. The average molecular weight is 392 g/mol. The first-order chi connectivity index (χ1) is 12.9. The van der Waals surface area contributed by atoms with Gasteiger partial charge in [0, 0.05) is 25.3 Å². The van der Waals surface area contributed by atoms with Crippen LogP contribution < -0.4 is 10.2 Å². The maximum atomic E-state index is 13.0. The molecule has 1 N–H and O–H groups in total. The highest BCUT2D eigenvalue weighted by atomic mass is 32.2. The summed E-state index contributed by atoms with van der Waals surface area (Å²) in [6, 6.07) is 14.4. The van der Waals surface area contributed by atoms with Crippen molar-refractivity contribution in [3.8, 4) is 0 Å². The number of para-hydroxylation sites is 1. The van der Waals surface area contributed by atoms with Crippen molar-refractivity contribution >= 4 is 21.4 Å². The van der Waals surface area contributed by atoms with Gasteiger partial charge < -0.3 is 10.2 Å². The van der Waals surface area contributed by atoms with E-state index in [-0.39, 0.29) is 4.90 Å². The molecule has 0 aromatic heterocycles. The fourth-order valence-electron chi connectivity index (χ4n) is 2.70. The summed E-state index contributed by atoms with van der Waals surface area (Å²) in [6.07, 6.45) is 0.692. The van der Waals surface area contributed by atoms with Gasteiger partial charge in [-0.2, -0.15) is 0 Å². The minimum absolute atomic E-state index is 0.0622. The van der Waals surface area contributed by atoms with Crippen LogP contribution in [-0.2, 0) is 14.6 Å². The maximum absolute atomic E-state index is 13.0. The van der Waals surface area contributed by atoms with Crippen molar-refractivity contribution < 1.29 is 17.6 Å². The van der Waals surface area contributed by atoms with Gasteiger partial charge in [-0.3, -0.25) is 4.79 Å². The molecule has 0 unspecified atom stereocenters. The molecule has 0 fully saturated rings. The summed E-state index contributed by atoms with van der Waals surface area (Å²) in [7, 11) is -3.85. The van der Waals surface area contributed by atoms with Crippen LogP contribution in [-0.4, -0.2) is 39.2 Å². The number of carbonyl (C=O) groups is 1. The van der Waals surface area contributed by atoms with E-state index in [4.69, 9.17) is 0 Å². The summed E-state index contributed by atoms with van der Waals surface area (Å²) in [5.41, 5.74) is 1.11. The summed E-state index contributed by atoms with van der Waals surface area (Å²) in [6.45, 7) is 5.37. The van der Waals surface area contributed by atoms with Crippen LogP contribution in [0.2, 0.25) is 0 Å². The topological polar surface area (TPSA) is 66.5 Å². The molecule has 0 heterocycles. The maximum Gasteiger partial charge on any atom is 0.238 e. The van der Waals surface area contributed by atoms with Gasteiger partial charge in [-0.25, -0.2) is 12.8 Å². The van der Waals surface area contributed by atoms with Crippen LogP contribution >= 0.6 is 0 Å². The number of amides is 1. The largest absolute Gasteiger partial charge is 0.372 e. The predicted octanol–water partition coefficient (Wildman–Crippen LogP) is 3.02. The molecule has 0 saturated carbocycles. The summed E-state index contributed by atoms with van der Waals surface area (Å²) in [5.74, 6) is -1.08. The normalized spacial score (nSPS) is 12.4. The first kappa shape index (κ1) is 20.9. The fraction of sp³-hybridized carbons (Fsp3) is 0.350. The van der Waals surface area contributed by atoms with Gasteiger partial charge in [0.1, 0.15) is 11.1 Å². The lowest BCUT2D eigenvalue weighted by molar-refractivity contribution is -0.120. The van der Waals surface area contributed by atoms with Crippen LogP contribution in [0.1, 0.15) is 20.3 Å². The standard InChI is InChI=1S/C20H25FN2O3S/c1-3-23(18-8-5-4-6-9-18)15-7-14-22-20(24)16(2)27(25,26)19-12-10-17(21)11-13-19/h4-6,8-13,16H,3,7,14-15H2,1-2H3,(H,22,24)/t16-/m1/s1. The molecule has 146 valence electrons. The van der Waals surface area contributed by atoms with Crippen LogP contribution in [0.3, 0.4) is 0 Å². The minimum Gasteiger partial charge on any atom is -0.372 e. The van der Waals surface area contributed by atoms with E-state index in [1.807, 2.05) is 30.3 Å². The number of nitrogens with one attached hydrogen (secondary N) is 1. The first-order valence-electron chi connectivity index (χ1n) is 8.93. The lowest BCUT2D eigenvalue weighted by atomic mass is 10.2. The molecule has 1 amide bonds. The van der Waals surface area contributed by atoms with Gasteiger partial charge in [0.15, 0.2) is 9.84 Å². The number of sulfone groups is 1. The predicted molar refractivity (Wildman–Crippen MR) is 105 cm³/mol. The Bertz CT molecular complexity index is 839. The quantitative estimate of drug-likeness (QED) is 0.526. The molecule has 27 heavy (non-hydrogen) atoms. The van der Waals surface area contributed by atoms with Gasteiger partial charge in [-0.1, -0.05) is 18.2 Å². The Morgan fingerprint density at radius 3 is 2.33 bits per heavy atom. The van der Waals surface area contributed by atoms with Crippen molar-refractivity contribution in [2.24, 2.45) is 0 Å². The molecule has 0 aliphatic rings. The lowest BCUT2D eigenvalue weighted by Gasteiger charge is -2.23. The van der Waals surface area contributed by atoms with Crippen LogP contribution in [0.4, 0.5) is 10.1 Å². The number of rotatable bonds is 9. The third-order valence-corrected chi connectivity index (χ3v) is 6.46. The zero-order chi connectivity index (χ0) is 19.9. The number of benzene rings is 2. The Hall–Kier alpha value is -2.41. The number of carbonyl (C=O) groups excluding carboxylic acids is 1. The SMILES string of the molecule is CCN(CCCNC(=O)[C@@H](C)S(=O)(=O)c1ccc(F)cc1)c1ccccc1. The van der Waals surface area contributed by atoms with Gasteiger partial charge in [0.05, 0.1) is 4.90 Å². The molecule has 0 bridgehead atoms. The first-order valence-corrected chi connectivity index (χ1v) is 10.5. The molecule has 0 saturated heterocycles. The van der Waals surface area contributed by atoms with E-state index in [9.17, 15) is 17.6 Å². The molecular formula is C20H25FN2O3S. The number of hydrogen-bond acceptors (Lipinski definition) is 4. The molecule has 0 spiro atoms. The van der Waals surface area contributed by atoms with E-state index < -0.39 is 26.8 Å². The molecule has 5 nitrogen and oxygen atoms in total. The van der Waals surface area contributed by atoms with Gasteiger partial charge in [-0.05, 0) is 56.7 Å². The highest BCUT2D eigenvalue weighted by Crippen LogP contribution is 2.17. The average Bonchev–Trinajstić information content (AvgIpc) is 2.68. The second kappa shape index (κ2) is 9.50. The lowest BCUT2D eigenvalue weighted by Crippen LogP contribution is -2.39. The summed E-state index contributed by atoms with van der Waals surface area (Å²) in [5, 5.41) is 1.45. The molecule has 7 heteroatoms. The van der Waals surface area contributed by atoms with Crippen molar-refractivity contribution in [1.29, 1.82) is 0 Å². The van der Waals surface area contributed by atoms with Crippen molar-refractivity contribution in [2.75, 3.05) is 24.5 Å². The Labute approximate surface area is 160 Å². The van der Waals surface area contributed by atoms with Gasteiger partial charge in [0.2, 0.25) is 5.91 Å². The summed E-state index contributed by atoms with van der Waals surface area (Å²) >= 11 is 0. The zero-order valence-corrected chi connectivity index (χ0v) is 16.4. The second-order valence-electron chi connectivity index (χ2n) is 6.20. The van der Waals surface area contributed by atoms with E-state index >= 15 is 0 Å². The van der Waals surface area contributed by atoms with Crippen LogP contribution in [0.15, 0.2) is 59.5 Å². The number of hydrogen-bond donors (Lipinski definition) is 1. The van der Waals surface area contributed by atoms with E-state index in [1.165, 1.54) is 19.1 Å². The van der Waals surface area contributed by atoms with E-state index in [2.05, 4.69) is 17.1 Å². The number of anilines is 1. The summed E-state index contributed by atoms with van der Waals surface area (Å²) < 4.78 is 37.9. The molecule has 2 rings (SSSR count). The van der Waals surface area contributed by atoms with Crippen molar-refractivity contribution in [1.82, 2.24) is 5.32 Å². The number of halogens is 1. The molecular weight excluding hydrogens is 367 g/mol. The van der Waals surface area contributed by atoms with Crippen molar-refractivity contribution in [2.45, 2.75) is 30.4 Å². The third-order valence-electron chi connectivity index (χ3n) is 4.38. The molecule has 2 aromatic rings.